The van der Waals surface area contributed by atoms with Gasteiger partial charge in [0.05, 0.1) is 49.8 Å². The molecule has 2 aromatic rings. The number of thiazole rings is 1. The number of benzene rings is 1. The summed E-state index contributed by atoms with van der Waals surface area (Å²) < 4.78 is 30.7. The van der Waals surface area contributed by atoms with Gasteiger partial charge < -0.3 is 23.4 Å². The van der Waals surface area contributed by atoms with E-state index in [1.807, 2.05) is 12.3 Å². The van der Waals surface area contributed by atoms with Crippen LogP contribution in [0.3, 0.4) is 0 Å². The van der Waals surface area contributed by atoms with Crippen LogP contribution >= 0.6 is 11.3 Å². The highest BCUT2D eigenvalue weighted by molar-refractivity contribution is 7.09. The molecule has 1 aromatic heterocycles. The average molecular weight is 578 g/mol. The number of ether oxygens (including phenoxy) is 4. The van der Waals surface area contributed by atoms with Crippen molar-refractivity contribution in [2.24, 2.45) is 0 Å². The fraction of sp³-hybridized carbons (Fsp3) is 0.667. The second-order valence-corrected chi connectivity index (χ2v) is 17.7. The zero-order valence-electron chi connectivity index (χ0n) is 25.2. The van der Waals surface area contributed by atoms with E-state index in [1.165, 1.54) is 19.8 Å². The van der Waals surface area contributed by atoms with Crippen molar-refractivity contribution in [2.75, 3.05) is 20.8 Å². The highest BCUT2D eigenvalue weighted by atomic mass is 32.1. The second-order valence-electron chi connectivity index (χ2n) is 12.0. The number of esters is 1. The summed E-state index contributed by atoms with van der Waals surface area (Å²) >= 11 is 1.62. The van der Waals surface area contributed by atoms with Crippen LogP contribution in [0.1, 0.15) is 81.3 Å². The minimum Gasteiger partial charge on any atom is -0.496 e. The van der Waals surface area contributed by atoms with E-state index < -0.39 is 8.32 Å². The summed E-state index contributed by atoms with van der Waals surface area (Å²) in [5.74, 6) is 1.27. The molecule has 0 N–H and O–H groups in total. The van der Waals surface area contributed by atoms with Crippen LogP contribution in [0, 0.1) is 6.92 Å². The Morgan fingerprint density at radius 1 is 1.13 bits per heavy atom. The molecule has 0 saturated heterocycles. The average Bonchev–Trinajstić information content (AvgIpc) is 3.54. The number of carbonyl (C=O) groups is 1. The maximum absolute atomic E-state index is 11.2. The molecule has 1 aromatic carbocycles. The van der Waals surface area contributed by atoms with Crippen LogP contribution in [0.4, 0.5) is 0 Å². The van der Waals surface area contributed by atoms with Gasteiger partial charge in [-0.2, -0.15) is 0 Å². The Morgan fingerprint density at radius 3 is 2.28 bits per heavy atom. The Hall–Kier alpha value is -1.94. The third-order valence-electron chi connectivity index (χ3n) is 7.98. The number of nitrogens with zero attached hydrogens (tertiary/aromatic N) is 1. The Kier molecular flexibility index (Phi) is 11.0. The topological polar surface area (TPSA) is 76.1 Å². The van der Waals surface area contributed by atoms with Gasteiger partial charge in [0.15, 0.2) is 8.32 Å². The molecule has 0 amide bonds. The van der Waals surface area contributed by atoms with Gasteiger partial charge in [-0.1, -0.05) is 33.6 Å². The highest BCUT2D eigenvalue weighted by Crippen LogP contribution is 2.44. The molecule has 7 nitrogen and oxygen atoms in total. The van der Waals surface area contributed by atoms with E-state index in [2.05, 4.69) is 46.0 Å². The van der Waals surface area contributed by atoms with Crippen LogP contribution in [-0.4, -0.2) is 52.3 Å². The molecule has 218 valence electrons. The third kappa shape index (κ3) is 8.52. The summed E-state index contributed by atoms with van der Waals surface area (Å²) in [5, 5.41) is 3.06. The summed E-state index contributed by atoms with van der Waals surface area (Å²) in [7, 11) is 1.17. The van der Waals surface area contributed by atoms with E-state index in [9.17, 15) is 4.79 Å². The predicted octanol–water partition coefficient (Wildman–Crippen LogP) is 7.21. The predicted molar refractivity (Wildman–Crippen MR) is 159 cm³/mol. The molecule has 0 spiro atoms. The van der Waals surface area contributed by atoms with E-state index in [0.717, 1.165) is 46.2 Å². The minimum atomic E-state index is -2.21. The first kappa shape index (κ1) is 31.6. The quantitative estimate of drug-likeness (QED) is 0.184. The van der Waals surface area contributed by atoms with Crippen molar-refractivity contribution < 1.29 is 28.2 Å². The van der Waals surface area contributed by atoms with Crippen molar-refractivity contribution in [3.8, 4) is 11.5 Å². The third-order valence-corrected chi connectivity index (χ3v) is 13.4. The van der Waals surface area contributed by atoms with Gasteiger partial charge in [-0.25, -0.2) is 4.98 Å². The molecule has 9 heteroatoms. The van der Waals surface area contributed by atoms with E-state index in [4.69, 9.17) is 28.4 Å². The minimum absolute atomic E-state index is 0.0209. The molecule has 0 unspecified atom stereocenters. The number of carbonyl (C=O) groups excluding carboxylic acids is 1. The van der Waals surface area contributed by atoms with Gasteiger partial charge >= 0.3 is 5.97 Å². The van der Waals surface area contributed by atoms with Gasteiger partial charge in [0.25, 0.3) is 0 Å². The number of aromatic nitrogens is 1. The molecular formula is C30H47NO6SSi. The fourth-order valence-electron chi connectivity index (χ4n) is 4.65. The Balaban J connectivity index is 2.02. The summed E-state index contributed by atoms with van der Waals surface area (Å²) in [6.07, 6.45) is 5.40. The molecule has 1 saturated carbocycles. The first-order valence-electron chi connectivity index (χ1n) is 14.0. The van der Waals surface area contributed by atoms with Gasteiger partial charge in [-0.3, -0.25) is 4.79 Å². The zero-order chi connectivity index (χ0) is 28.8. The maximum Gasteiger partial charge on any atom is 0.302 e. The largest absolute Gasteiger partial charge is 0.496 e. The Bertz CT molecular complexity index is 1060. The van der Waals surface area contributed by atoms with Gasteiger partial charge in [0.1, 0.15) is 11.5 Å². The number of hydrogen-bond donors (Lipinski definition) is 0. The first-order valence-corrected chi connectivity index (χ1v) is 17.8. The summed E-state index contributed by atoms with van der Waals surface area (Å²) in [5.41, 5.74) is 2.88. The zero-order valence-corrected chi connectivity index (χ0v) is 27.0. The van der Waals surface area contributed by atoms with Crippen LogP contribution in [0.15, 0.2) is 17.5 Å². The molecule has 0 aliphatic heterocycles. The monoisotopic (exact) mass is 577 g/mol. The molecule has 39 heavy (non-hydrogen) atoms. The Morgan fingerprint density at radius 2 is 1.74 bits per heavy atom. The van der Waals surface area contributed by atoms with Gasteiger partial charge in [0.2, 0.25) is 0 Å². The summed E-state index contributed by atoms with van der Waals surface area (Å²) in [6.45, 7) is 15.1. The van der Waals surface area contributed by atoms with Crippen molar-refractivity contribution in [3.63, 3.8) is 0 Å². The number of methoxy groups -OCH3 is 2. The molecule has 1 heterocycles. The van der Waals surface area contributed by atoms with Crippen LogP contribution in [0.25, 0.3) is 0 Å². The van der Waals surface area contributed by atoms with Crippen molar-refractivity contribution in [3.05, 3.63) is 39.3 Å². The van der Waals surface area contributed by atoms with Gasteiger partial charge in [-0.05, 0) is 55.6 Å². The molecule has 1 fully saturated rings. The molecule has 2 atom stereocenters. The summed E-state index contributed by atoms with van der Waals surface area (Å²) in [6, 6.07) is 4.15. The van der Waals surface area contributed by atoms with Crippen molar-refractivity contribution in [1.29, 1.82) is 0 Å². The lowest BCUT2D eigenvalue weighted by Gasteiger charge is -2.42. The smallest absolute Gasteiger partial charge is 0.302 e. The van der Waals surface area contributed by atoms with Crippen LogP contribution in [-0.2, 0) is 31.5 Å². The molecule has 3 rings (SSSR count). The number of hydrogen-bond acceptors (Lipinski definition) is 8. The van der Waals surface area contributed by atoms with Crippen LogP contribution in [0.2, 0.25) is 18.1 Å². The Labute approximate surface area is 239 Å². The van der Waals surface area contributed by atoms with Gasteiger partial charge in [-0.15, -0.1) is 11.3 Å². The fourth-order valence-corrected chi connectivity index (χ4v) is 6.80. The lowest BCUT2D eigenvalue weighted by molar-refractivity contribution is -0.140. The van der Waals surface area contributed by atoms with Crippen molar-refractivity contribution in [2.45, 2.75) is 110 Å². The van der Waals surface area contributed by atoms with Crippen molar-refractivity contribution in [1.82, 2.24) is 4.98 Å². The van der Waals surface area contributed by atoms with Gasteiger partial charge in [0, 0.05) is 30.7 Å². The lowest BCUT2D eigenvalue weighted by atomic mass is 9.99. The maximum atomic E-state index is 11.2. The molecule has 0 bridgehead atoms. The summed E-state index contributed by atoms with van der Waals surface area (Å²) in [4.78, 5) is 16.0. The molecule has 0 radical (unpaired) electrons. The molecule has 1 aliphatic rings. The van der Waals surface area contributed by atoms with E-state index in [1.54, 1.807) is 25.6 Å². The molecular weight excluding hydrogens is 530 g/mol. The normalized spacial score (nSPS) is 16.2. The van der Waals surface area contributed by atoms with E-state index in [-0.39, 0.29) is 29.3 Å². The van der Waals surface area contributed by atoms with Crippen LogP contribution < -0.4 is 9.47 Å². The SMILES string of the molecule is COc1cc([C@@H](O[Si](C)(C)C(C)(C)C)[C@H](Cc2nc(CCOC(C)=O)cs2)OC2CCCC2)cc(OC)c1C. The van der Waals surface area contributed by atoms with E-state index in [0.29, 0.717) is 19.4 Å². The molecule has 1 aliphatic carbocycles. The van der Waals surface area contributed by atoms with Crippen LogP contribution in [0.5, 0.6) is 11.5 Å². The second kappa shape index (κ2) is 13.6. The standard InChI is InChI=1S/C30H47NO6SSi/c1-20-25(33-6)16-22(17-26(20)34-7)29(37-39(8,9)30(3,4)5)27(36-24-12-10-11-13-24)18-28-31-23(19-38-28)14-15-35-21(2)32/h16-17,19,24,27,29H,10-15,18H2,1-9H3/t27-,29+/m0/s1. The lowest BCUT2D eigenvalue weighted by Crippen LogP contribution is -2.45. The number of rotatable bonds is 13. The highest BCUT2D eigenvalue weighted by Gasteiger charge is 2.42. The van der Waals surface area contributed by atoms with E-state index >= 15 is 0 Å². The first-order chi connectivity index (χ1) is 18.3. The van der Waals surface area contributed by atoms with Crippen molar-refractivity contribution >= 4 is 25.6 Å².